The summed E-state index contributed by atoms with van der Waals surface area (Å²) in [5, 5.41) is 10.9. The second-order valence-corrected chi connectivity index (χ2v) is 7.40. The predicted octanol–water partition coefficient (Wildman–Crippen LogP) is 1.91. The molecular weight excluding hydrogens is 358 g/mol. The molecule has 1 aliphatic rings. The quantitative estimate of drug-likeness (QED) is 0.786. The number of piperidine rings is 1. The van der Waals surface area contributed by atoms with Crippen molar-refractivity contribution in [3.05, 3.63) is 42.2 Å². The zero-order valence-electron chi connectivity index (χ0n) is 16.4. The normalized spacial score (nSPS) is 14.9. The summed E-state index contributed by atoms with van der Waals surface area (Å²) in [6, 6.07) is 9.46. The molecule has 0 bridgehead atoms. The molecule has 0 unspecified atom stereocenters. The van der Waals surface area contributed by atoms with Gasteiger partial charge in [-0.2, -0.15) is 0 Å². The van der Waals surface area contributed by atoms with Gasteiger partial charge in [0.15, 0.2) is 12.3 Å². The van der Waals surface area contributed by atoms with Gasteiger partial charge in [0, 0.05) is 19.6 Å². The number of ether oxygens (including phenoxy) is 1. The number of hydrogen-bond donors (Lipinski definition) is 1. The van der Waals surface area contributed by atoms with Crippen LogP contribution in [0.25, 0.3) is 0 Å². The lowest BCUT2D eigenvalue weighted by atomic mass is 10.1. The number of amides is 2. The van der Waals surface area contributed by atoms with E-state index in [2.05, 4.69) is 15.6 Å². The van der Waals surface area contributed by atoms with Crippen LogP contribution in [0.3, 0.4) is 0 Å². The fraction of sp³-hybridized carbons (Fsp3) is 0.500. The number of hydrogen-bond acceptors (Lipinski definition) is 5. The Labute approximate surface area is 164 Å². The highest BCUT2D eigenvalue weighted by atomic mass is 16.5. The summed E-state index contributed by atoms with van der Waals surface area (Å²) in [6.07, 6.45) is 3.23. The van der Waals surface area contributed by atoms with Crippen LogP contribution in [-0.2, 0) is 4.79 Å². The minimum absolute atomic E-state index is 0.0188. The average Bonchev–Trinajstić information content (AvgIpc) is 3.21. The van der Waals surface area contributed by atoms with Crippen molar-refractivity contribution in [2.24, 2.45) is 5.92 Å². The smallest absolute Gasteiger partial charge is 0.273 e. The Balaban J connectivity index is 1.46. The first-order valence-electron chi connectivity index (χ1n) is 9.68. The topological polar surface area (TPSA) is 89.4 Å². The van der Waals surface area contributed by atoms with Gasteiger partial charge in [-0.05, 0) is 30.9 Å². The molecule has 0 saturated carbocycles. The maximum absolute atomic E-state index is 12.3. The van der Waals surface area contributed by atoms with Gasteiger partial charge in [0.2, 0.25) is 0 Å². The van der Waals surface area contributed by atoms with E-state index in [4.69, 9.17) is 4.74 Å². The molecule has 2 aromatic rings. The third-order valence-corrected chi connectivity index (χ3v) is 4.71. The molecule has 1 aromatic heterocycles. The first kappa shape index (κ1) is 19.9. The maximum atomic E-state index is 12.3. The van der Waals surface area contributed by atoms with Crippen molar-refractivity contribution in [2.75, 3.05) is 26.2 Å². The van der Waals surface area contributed by atoms with Crippen LogP contribution >= 0.6 is 0 Å². The van der Waals surface area contributed by atoms with Gasteiger partial charge in [-0.15, -0.1) is 5.10 Å². The van der Waals surface area contributed by atoms with E-state index < -0.39 is 0 Å². The fourth-order valence-electron chi connectivity index (χ4n) is 3.08. The summed E-state index contributed by atoms with van der Waals surface area (Å²) in [5.74, 6) is 0.851. The van der Waals surface area contributed by atoms with Crippen LogP contribution < -0.4 is 10.1 Å². The third-order valence-electron chi connectivity index (χ3n) is 4.71. The zero-order chi connectivity index (χ0) is 19.9. The van der Waals surface area contributed by atoms with E-state index >= 15 is 0 Å². The third kappa shape index (κ3) is 5.31. The van der Waals surface area contributed by atoms with E-state index in [9.17, 15) is 9.59 Å². The summed E-state index contributed by atoms with van der Waals surface area (Å²) >= 11 is 0. The summed E-state index contributed by atoms with van der Waals surface area (Å²) in [7, 11) is 0. The van der Waals surface area contributed by atoms with E-state index in [1.165, 1.54) is 0 Å². The molecule has 28 heavy (non-hydrogen) atoms. The number of carbonyl (C=O) groups excluding carboxylic acids is 2. The Bertz CT molecular complexity index is 782. The van der Waals surface area contributed by atoms with Crippen LogP contribution in [0.1, 0.15) is 43.2 Å². The Kier molecular flexibility index (Phi) is 6.62. The minimum atomic E-state index is -0.203. The molecule has 0 radical (unpaired) electrons. The zero-order valence-corrected chi connectivity index (χ0v) is 16.4. The Hall–Kier alpha value is -2.90. The molecule has 0 atom stereocenters. The largest absolute Gasteiger partial charge is 0.484 e. The molecule has 8 nitrogen and oxygen atoms in total. The lowest BCUT2D eigenvalue weighted by Gasteiger charge is -2.31. The van der Waals surface area contributed by atoms with E-state index in [0.29, 0.717) is 37.0 Å². The number of rotatable bonds is 7. The second-order valence-electron chi connectivity index (χ2n) is 7.40. The van der Waals surface area contributed by atoms with Gasteiger partial charge in [-0.3, -0.25) is 9.59 Å². The minimum Gasteiger partial charge on any atom is -0.484 e. The van der Waals surface area contributed by atoms with Gasteiger partial charge >= 0.3 is 0 Å². The van der Waals surface area contributed by atoms with Crippen molar-refractivity contribution in [2.45, 2.75) is 32.7 Å². The number of nitrogens with one attached hydrogen (secondary N) is 1. The monoisotopic (exact) mass is 385 g/mol. The molecule has 1 aliphatic heterocycles. The van der Waals surface area contributed by atoms with Crippen molar-refractivity contribution in [3.8, 4) is 5.75 Å². The van der Waals surface area contributed by atoms with Gasteiger partial charge in [0.25, 0.3) is 11.8 Å². The van der Waals surface area contributed by atoms with E-state index in [1.807, 2.05) is 49.1 Å². The summed E-state index contributed by atoms with van der Waals surface area (Å²) < 4.78 is 7.28. The van der Waals surface area contributed by atoms with Gasteiger partial charge in [-0.25, -0.2) is 4.68 Å². The fourth-order valence-corrected chi connectivity index (χ4v) is 3.08. The molecule has 1 N–H and O–H groups in total. The highest BCUT2D eigenvalue weighted by Crippen LogP contribution is 2.22. The van der Waals surface area contributed by atoms with E-state index in [-0.39, 0.29) is 24.5 Å². The van der Waals surface area contributed by atoms with Gasteiger partial charge in [0.1, 0.15) is 5.75 Å². The second kappa shape index (κ2) is 9.34. The number of benzene rings is 1. The summed E-state index contributed by atoms with van der Waals surface area (Å²) in [5.41, 5.74) is 0.329. The Morgan fingerprint density at radius 3 is 2.61 bits per heavy atom. The summed E-state index contributed by atoms with van der Waals surface area (Å²) in [6.45, 7) is 6.00. The van der Waals surface area contributed by atoms with E-state index in [1.54, 1.807) is 10.9 Å². The Morgan fingerprint density at radius 1 is 1.21 bits per heavy atom. The molecule has 1 saturated heterocycles. The van der Waals surface area contributed by atoms with Gasteiger partial charge in [-0.1, -0.05) is 37.3 Å². The van der Waals surface area contributed by atoms with Crippen molar-refractivity contribution < 1.29 is 14.3 Å². The molecule has 150 valence electrons. The molecule has 8 heteroatoms. The maximum Gasteiger partial charge on any atom is 0.273 e. The van der Waals surface area contributed by atoms with Crippen LogP contribution in [0.4, 0.5) is 0 Å². The van der Waals surface area contributed by atoms with Crippen molar-refractivity contribution in [1.29, 1.82) is 0 Å². The van der Waals surface area contributed by atoms with Crippen molar-refractivity contribution in [1.82, 2.24) is 25.2 Å². The molecule has 3 rings (SSSR count). The lowest BCUT2D eigenvalue weighted by molar-refractivity contribution is -0.134. The molecule has 2 heterocycles. The van der Waals surface area contributed by atoms with Crippen LogP contribution in [0, 0.1) is 5.92 Å². The van der Waals surface area contributed by atoms with E-state index in [0.717, 1.165) is 12.8 Å². The van der Waals surface area contributed by atoms with Crippen LogP contribution in [-0.4, -0.2) is 57.9 Å². The van der Waals surface area contributed by atoms with Crippen LogP contribution in [0.5, 0.6) is 5.75 Å². The highest BCUT2D eigenvalue weighted by Gasteiger charge is 2.25. The molecule has 1 aromatic carbocycles. The molecular formula is C20H27N5O3. The highest BCUT2D eigenvalue weighted by molar-refractivity contribution is 5.91. The van der Waals surface area contributed by atoms with Crippen molar-refractivity contribution in [3.63, 3.8) is 0 Å². The number of carbonyl (C=O) groups is 2. The number of nitrogens with zero attached hydrogens (tertiary/aromatic N) is 4. The lowest BCUT2D eigenvalue weighted by Crippen LogP contribution is -2.41. The first-order valence-corrected chi connectivity index (χ1v) is 9.68. The number of para-hydroxylation sites is 1. The van der Waals surface area contributed by atoms with Gasteiger partial charge < -0.3 is 15.0 Å². The molecule has 0 aliphatic carbocycles. The first-order chi connectivity index (χ1) is 13.5. The summed E-state index contributed by atoms with van der Waals surface area (Å²) in [4.78, 5) is 26.2. The predicted molar refractivity (Wildman–Crippen MR) is 104 cm³/mol. The molecule has 2 amide bonds. The molecule has 1 fully saturated rings. The Morgan fingerprint density at radius 2 is 1.93 bits per heavy atom. The van der Waals surface area contributed by atoms with Gasteiger partial charge in [0.05, 0.1) is 12.2 Å². The van der Waals surface area contributed by atoms with Crippen LogP contribution in [0.2, 0.25) is 0 Å². The number of likely N-dealkylation sites (tertiary alicyclic amines) is 1. The number of aromatic nitrogens is 3. The average molecular weight is 385 g/mol. The SMILES string of the molecule is CC(C)CNC(=O)c1cn(C2CCN(C(=O)COc3ccccc3)CC2)nn1. The standard InChI is InChI=1S/C20H27N5O3/c1-15(2)12-21-20(27)18-13-25(23-22-18)16-8-10-24(11-9-16)19(26)14-28-17-6-4-3-5-7-17/h3-7,13,15-16H,8-12,14H2,1-2H3,(H,21,27). The van der Waals surface area contributed by atoms with Crippen molar-refractivity contribution >= 4 is 11.8 Å². The molecule has 0 spiro atoms. The van der Waals surface area contributed by atoms with Crippen LogP contribution in [0.15, 0.2) is 36.5 Å².